The van der Waals surface area contributed by atoms with Crippen LogP contribution in [0.1, 0.15) is 24.0 Å². The van der Waals surface area contributed by atoms with Crippen molar-refractivity contribution in [3.8, 4) is 5.75 Å². The number of nitrogens with two attached hydrogens (primary N) is 1. The van der Waals surface area contributed by atoms with Gasteiger partial charge in [0, 0.05) is 17.4 Å². The Labute approximate surface area is 190 Å². The van der Waals surface area contributed by atoms with Crippen molar-refractivity contribution in [2.75, 3.05) is 21.1 Å². The molecular formula is C23H29N3O7. The number of nitrogens with zero attached hydrogens (tertiary/aromatic N) is 1. The van der Waals surface area contributed by atoms with Crippen LogP contribution in [0.4, 0.5) is 0 Å². The van der Waals surface area contributed by atoms with E-state index in [4.69, 9.17) is 5.73 Å². The van der Waals surface area contributed by atoms with E-state index in [-0.39, 0.29) is 22.5 Å². The van der Waals surface area contributed by atoms with Crippen LogP contribution >= 0.6 is 0 Å². The summed E-state index contributed by atoms with van der Waals surface area (Å²) >= 11 is 0. The van der Waals surface area contributed by atoms with Crippen LogP contribution in [-0.2, 0) is 9.59 Å². The maximum absolute atomic E-state index is 14.0. The highest BCUT2D eigenvalue weighted by Crippen LogP contribution is 2.56. The number of aromatic hydroxyl groups is 1. The van der Waals surface area contributed by atoms with E-state index in [1.165, 1.54) is 18.0 Å². The number of hydrogen-bond donors (Lipinski definition) is 7. The molecule has 1 fully saturated rings. The Hall–Kier alpha value is -2.92. The molecule has 1 saturated carbocycles. The van der Waals surface area contributed by atoms with Gasteiger partial charge in [-0.2, -0.15) is 0 Å². The van der Waals surface area contributed by atoms with Crippen molar-refractivity contribution in [1.29, 1.82) is 0 Å². The number of ketones is 1. The Kier molecular flexibility index (Phi) is 5.32. The highest BCUT2D eigenvalue weighted by molar-refractivity contribution is 6.11. The van der Waals surface area contributed by atoms with Gasteiger partial charge >= 0.3 is 0 Å². The molecule has 10 nitrogen and oxygen atoms in total. The predicted molar refractivity (Wildman–Crippen MR) is 118 cm³/mol. The van der Waals surface area contributed by atoms with Crippen LogP contribution < -0.4 is 11.1 Å². The lowest BCUT2D eigenvalue weighted by Gasteiger charge is -2.57. The van der Waals surface area contributed by atoms with Gasteiger partial charge in [-0.3, -0.25) is 14.5 Å². The second-order valence-corrected chi connectivity index (χ2v) is 9.28. The number of phenols is 1. The minimum Gasteiger partial charge on any atom is -0.510 e. The van der Waals surface area contributed by atoms with Crippen LogP contribution in [0.2, 0.25) is 0 Å². The van der Waals surface area contributed by atoms with Crippen molar-refractivity contribution in [1.82, 2.24) is 10.2 Å². The maximum Gasteiger partial charge on any atom is 0.249 e. The van der Waals surface area contributed by atoms with Crippen LogP contribution in [0.25, 0.3) is 5.76 Å². The fraction of sp³-hybridized carbons (Fsp3) is 0.478. The third-order valence-corrected chi connectivity index (χ3v) is 7.52. The SMILES string of the molecule is CN[C@@H]1C(C(N)=O)=C(O)[C@@H](N(C)C)[C@@H]2[C@@H](O)[C@H]3C(=C(O)c4c(O)cccc4[C@@H]3C)C(=O)[C@@]21O. The van der Waals surface area contributed by atoms with Crippen LogP contribution in [-0.4, -0.2) is 87.1 Å². The summed E-state index contributed by atoms with van der Waals surface area (Å²) in [5, 5.41) is 58.8. The summed E-state index contributed by atoms with van der Waals surface area (Å²) in [7, 11) is 4.55. The lowest BCUT2D eigenvalue weighted by Crippen LogP contribution is -2.75. The van der Waals surface area contributed by atoms with E-state index in [9.17, 15) is 35.1 Å². The molecule has 1 amide bonds. The minimum absolute atomic E-state index is 0.0633. The number of carbonyl (C=O) groups excluding carboxylic acids is 2. The first-order chi connectivity index (χ1) is 15.4. The van der Waals surface area contributed by atoms with E-state index < -0.39 is 64.8 Å². The van der Waals surface area contributed by atoms with Gasteiger partial charge in [-0.25, -0.2) is 0 Å². The number of fused-ring (bicyclic) bond motifs is 3. The molecule has 3 aliphatic carbocycles. The number of primary amides is 1. The highest BCUT2D eigenvalue weighted by atomic mass is 16.3. The van der Waals surface area contributed by atoms with Crippen molar-refractivity contribution in [2.45, 2.75) is 36.6 Å². The van der Waals surface area contributed by atoms with E-state index in [1.54, 1.807) is 33.2 Å². The monoisotopic (exact) mass is 459 g/mol. The first-order valence-electron chi connectivity index (χ1n) is 10.7. The van der Waals surface area contributed by atoms with Crippen molar-refractivity contribution in [2.24, 2.45) is 17.6 Å². The molecule has 4 rings (SSSR count). The molecule has 0 spiro atoms. The number of aliphatic hydroxyl groups is 4. The minimum atomic E-state index is -2.43. The molecule has 0 aromatic heterocycles. The van der Waals surface area contributed by atoms with E-state index >= 15 is 0 Å². The van der Waals surface area contributed by atoms with Crippen LogP contribution in [0, 0.1) is 11.8 Å². The number of carbonyl (C=O) groups is 2. The number of likely N-dealkylation sites (N-methyl/N-ethyl adjacent to an activating group) is 2. The van der Waals surface area contributed by atoms with Gasteiger partial charge in [0.2, 0.25) is 5.91 Å². The number of benzene rings is 1. The van der Waals surface area contributed by atoms with Crippen molar-refractivity contribution in [3.05, 3.63) is 46.2 Å². The second kappa shape index (κ2) is 7.56. The molecule has 0 unspecified atom stereocenters. The largest absolute Gasteiger partial charge is 0.510 e. The molecule has 7 atom stereocenters. The molecule has 1 aromatic carbocycles. The van der Waals surface area contributed by atoms with E-state index in [2.05, 4.69) is 5.32 Å². The Morgan fingerprint density at radius 2 is 1.85 bits per heavy atom. The molecule has 33 heavy (non-hydrogen) atoms. The van der Waals surface area contributed by atoms with Gasteiger partial charge in [-0.15, -0.1) is 0 Å². The van der Waals surface area contributed by atoms with E-state index in [0.29, 0.717) is 5.56 Å². The van der Waals surface area contributed by atoms with Gasteiger partial charge in [0.1, 0.15) is 17.3 Å². The van der Waals surface area contributed by atoms with Gasteiger partial charge < -0.3 is 36.6 Å². The summed E-state index contributed by atoms with van der Waals surface area (Å²) in [6, 6.07) is 2.11. The Bertz CT molecular complexity index is 1110. The summed E-state index contributed by atoms with van der Waals surface area (Å²) in [5.74, 6) is -5.85. The molecule has 178 valence electrons. The van der Waals surface area contributed by atoms with Crippen molar-refractivity contribution >= 4 is 17.4 Å². The smallest absolute Gasteiger partial charge is 0.249 e. The molecule has 8 N–H and O–H groups in total. The van der Waals surface area contributed by atoms with Gasteiger partial charge in [-0.05, 0) is 38.7 Å². The molecular weight excluding hydrogens is 430 g/mol. The number of phenolic OH excluding ortho intramolecular Hbond substituents is 1. The van der Waals surface area contributed by atoms with Crippen LogP contribution in [0.5, 0.6) is 5.75 Å². The Balaban J connectivity index is 2.05. The predicted octanol–water partition coefficient (Wildman–Crippen LogP) is -0.485. The molecule has 0 heterocycles. The summed E-state index contributed by atoms with van der Waals surface area (Å²) in [4.78, 5) is 27.8. The lowest BCUT2D eigenvalue weighted by atomic mass is 9.53. The number of Topliss-reactive ketones (excluding diaryl/α,β-unsaturated/α-hetero) is 1. The van der Waals surface area contributed by atoms with Gasteiger partial charge in [0.25, 0.3) is 0 Å². The van der Waals surface area contributed by atoms with E-state index in [1.807, 2.05) is 0 Å². The van der Waals surface area contributed by atoms with Crippen LogP contribution in [0.15, 0.2) is 35.1 Å². The first kappa shape index (κ1) is 23.2. The standard InChI is InChI=1S/C23H29N3O7/c1-8-9-6-5-7-10(27)12(9)17(28)13-11(8)18(29)15-16(26(3)4)19(30)14(22(24)32)20(25-2)23(15,33)21(13)31/h5-8,11,15-16,18,20,25,27-30,33H,1-4H3,(H2,24,32)/t8-,11+,15+,16-,18-,20+,23+/m0/s1. The zero-order chi connectivity index (χ0) is 24.6. The summed E-state index contributed by atoms with van der Waals surface area (Å²) < 4.78 is 0. The van der Waals surface area contributed by atoms with E-state index in [0.717, 1.165) is 0 Å². The molecule has 0 radical (unpaired) electrons. The number of nitrogens with one attached hydrogen (secondary N) is 1. The first-order valence-corrected chi connectivity index (χ1v) is 10.7. The Morgan fingerprint density at radius 3 is 2.39 bits per heavy atom. The fourth-order valence-corrected chi connectivity index (χ4v) is 6.15. The summed E-state index contributed by atoms with van der Waals surface area (Å²) in [6.45, 7) is 1.75. The topological polar surface area (TPSA) is 177 Å². The average Bonchev–Trinajstić information content (AvgIpc) is 2.74. The molecule has 1 aromatic rings. The zero-order valence-electron chi connectivity index (χ0n) is 18.8. The fourth-order valence-electron chi connectivity index (χ4n) is 6.15. The molecule has 0 bridgehead atoms. The average molecular weight is 459 g/mol. The number of aliphatic hydroxyl groups excluding tert-OH is 3. The van der Waals surface area contributed by atoms with Gasteiger partial charge in [0.05, 0.1) is 29.3 Å². The number of amides is 1. The van der Waals surface area contributed by atoms with Crippen molar-refractivity contribution in [3.63, 3.8) is 0 Å². The number of hydrogen-bond acceptors (Lipinski definition) is 9. The number of rotatable bonds is 3. The highest BCUT2D eigenvalue weighted by Gasteiger charge is 2.68. The summed E-state index contributed by atoms with van der Waals surface area (Å²) in [6.07, 6.45) is -1.41. The van der Waals surface area contributed by atoms with Crippen LogP contribution in [0.3, 0.4) is 0 Å². The summed E-state index contributed by atoms with van der Waals surface area (Å²) in [5.41, 5.74) is 3.09. The normalized spacial score (nSPS) is 35.9. The Morgan fingerprint density at radius 1 is 1.21 bits per heavy atom. The third kappa shape index (κ3) is 2.81. The van der Waals surface area contributed by atoms with Gasteiger partial charge in [0.15, 0.2) is 11.4 Å². The third-order valence-electron chi connectivity index (χ3n) is 7.52. The second-order valence-electron chi connectivity index (χ2n) is 9.28. The molecule has 3 aliphatic rings. The quantitative estimate of drug-likeness (QED) is 0.314. The molecule has 0 aliphatic heterocycles. The lowest BCUT2D eigenvalue weighted by molar-refractivity contribution is -0.173. The van der Waals surface area contributed by atoms with Gasteiger partial charge in [-0.1, -0.05) is 19.1 Å². The molecule has 10 heteroatoms. The molecule has 0 saturated heterocycles. The van der Waals surface area contributed by atoms with Crippen molar-refractivity contribution < 1.29 is 35.1 Å². The maximum atomic E-state index is 14.0. The zero-order valence-corrected chi connectivity index (χ0v) is 18.8.